The van der Waals surface area contributed by atoms with Gasteiger partial charge >= 0.3 is 0 Å². The fourth-order valence-corrected chi connectivity index (χ4v) is 1.82. The summed E-state index contributed by atoms with van der Waals surface area (Å²) >= 11 is 0. The molecule has 1 aromatic carbocycles. The van der Waals surface area contributed by atoms with E-state index in [4.69, 9.17) is 11.0 Å². The fraction of sp³-hybridized carbons (Fsp3) is 0.200. The van der Waals surface area contributed by atoms with Gasteiger partial charge in [-0.25, -0.2) is 4.98 Å². The molecular weight excluding hydrogens is 236 g/mol. The summed E-state index contributed by atoms with van der Waals surface area (Å²) in [6.07, 6.45) is 1.55. The number of hydrogen-bond acceptors (Lipinski definition) is 4. The van der Waals surface area contributed by atoms with Gasteiger partial charge in [-0.2, -0.15) is 5.26 Å². The van der Waals surface area contributed by atoms with Gasteiger partial charge in [-0.15, -0.1) is 0 Å². The first-order valence-electron chi connectivity index (χ1n) is 6.09. The van der Waals surface area contributed by atoms with E-state index in [9.17, 15) is 0 Å². The number of nitrogens with two attached hydrogens (primary N) is 1. The highest BCUT2D eigenvalue weighted by Gasteiger charge is 2.09. The third kappa shape index (κ3) is 3.02. The van der Waals surface area contributed by atoms with Gasteiger partial charge in [0.05, 0.1) is 17.4 Å². The van der Waals surface area contributed by atoms with Crippen LogP contribution in [0.4, 0.5) is 11.5 Å². The lowest BCUT2D eigenvalue weighted by molar-refractivity contribution is 0.873. The summed E-state index contributed by atoms with van der Waals surface area (Å²) in [5.41, 5.74) is 8.94. The van der Waals surface area contributed by atoms with Crippen molar-refractivity contribution in [1.29, 1.82) is 5.26 Å². The molecule has 2 aromatic rings. The van der Waals surface area contributed by atoms with Gasteiger partial charge in [0.2, 0.25) is 0 Å². The largest absolute Gasteiger partial charge is 0.397 e. The number of anilines is 2. The van der Waals surface area contributed by atoms with Gasteiger partial charge in [-0.05, 0) is 25.5 Å². The Kier molecular flexibility index (Phi) is 3.67. The summed E-state index contributed by atoms with van der Waals surface area (Å²) in [7, 11) is 0. The number of aryl methyl sites for hydroxylation is 1. The molecule has 0 radical (unpaired) electrons. The van der Waals surface area contributed by atoms with Gasteiger partial charge in [0.15, 0.2) is 0 Å². The fourth-order valence-electron chi connectivity index (χ4n) is 1.82. The normalized spacial score (nSPS) is 11.6. The first-order valence-corrected chi connectivity index (χ1v) is 6.09. The SMILES string of the molecule is Cc1ccc(C(C)Nc2ncc(N)cc2C#N)cc1. The molecule has 19 heavy (non-hydrogen) atoms. The van der Waals surface area contributed by atoms with Gasteiger partial charge in [0, 0.05) is 6.04 Å². The predicted molar refractivity (Wildman–Crippen MR) is 76.6 cm³/mol. The molecule has 0 spiro atoms. The molecule has 0 saturated carbocycles. The predicted octanol–water partition coefficient (Wildman–Crippen LogP) is 3.02. The van der Waals surface area contributed by atoms with Gasteiger partial charge in [0.25, 0.3) is 0 Å². The van der Waals surface area contributed by atoms with Crippen molar-refractivity contribution in [3.63, 3.8) is 0 Å². The molecule has 4 heteroatoms. The lowest BCUT2D eigenvalue weighted by atomic mass is 10.1. The van der Waals surface area contributed by atoms with Crippen molar-refractivity contribution in [3.8, 4) is 6.07 Å². The van der Waals surface area contributed by atoms with Crippen LogP contribution in [0.5, 0.6) is 0 Å². The third-order valence-corrected chi connectivity index (χ3v) is 2.96. The summed E-state index contributed by atoms with van der Waals surface area (Å²) in [5.74, 6) is 0.560. The smallest absolute Gasteiger partial charge is 0.144 e. The highest BCUT2D eigenvalue weighted by molar-refractivity contribution is 5.58. The lowest BCUT2D eigenvalue weighted by Crippen LogP contribution is -2.09. The topological polar surface area (TPSA) is 74.7 Å². The molecular formula is C15H16N4. The van der Waals surface area contributed by atoms with Gasteiger partial charge < -0.3 is 11.1 Å². The molecule has 0 aliphatic heterocycles. The first-order chi connectivity index (χ1) is 9.10. The second kappa shape index (κ2) is 5.40. The van der Waals surface area contributed by atoms with E-state index >= 15 is 0 Å². The zero-order chi connectivity index (χ0) is 13.8. The Hall–Kier alpha value is -2.54. The van der Waals surface area contributed by atoms with E-state index in [1.165, 1.54) is 5.56 Å². The van der Waals surface area contributed by atoms with E-state index in [1.54, 1.807) is 12.3 Å². The molecule has 0 fully saturated rings. The summed E-state index contributed by atoms with van der Waals surface area (Å²) in [6, 6.07) is 12.1. The Balaban J connectivity index is 2.21. The highest BCUT2D eigenvalue weighted by Crippen LogP contribution is 2.21. The molecule has 1 unspecified atom stereocenters. The van der Waals surface area contributed by atoms with Crippen LogP contribution >= 0.6 is 0 Å². The van der Waals surface area contributed by atoms with Gasteiger partial charge in [0.1, 0.15) is 11.9 Å². The van der Waals surface area contributed by atoms with Gasteiger partial charge in [-0.1, -0.05) is 29.8 Å². The van der Waals surface area contributed by atoms with Crippen molar-refractivity contribution in [2.45, 2.75) is 19.9 Å². The standard InChI is InChI=1S/C15H16N4/c1-10-3-5-12(6-4-10)11(2)19-15-13(8-16)7-14(17)9-18-15/h3-7,9,11H,17H2,1-2H3,(H,18,19). The maximum atomic E-state index is 9.08. The highest BCUT2D eigenvalue weighted by atomic mass is 15.0. The van der Waals surface area contributed by atoms with E-state index in [0.29, 0.717) is 17.1 Å². The minimum atomic E-state index is 0.0730. The minimum Gasteiger partial charge on any atom is -0.397 e. The number of nitriles is 1. The number of hydrogen-bond donors (Lipinski definition) is 2. The van der Waals surface area contributed by atoms with Crippen LogP contribution in [0.25, 0.3) is 0 Å². The molecule has 1 atom stereocenters. The third-order valence-electron chi connectivity index (χ3n) is 2.96. The van der Waals surface area contributed by atoms with Crippen LogP contribution in [-0.4, -0.2) is 4.98 Å². The van der Waals surface area contributed by atoms with Crippen molar-refractivity contribution in [1.82, 2.24) is 4.98 Å². The van der Waals surface area contributed by atoms with Crippen LogP contribution in [0.3, 0.4) is 0 Å². The molecule has 96 valence electrons. The van der Waals surface area contributed by atoms with E-state index in [0.717, 1.165) is 5.56 Å². The molecule has 0 amide bonds. The Morgan fingerprint density at radius 3 is 2.63 bits per heavy atom. The van der Waals surface area contributed by atoms with Crippen molar-refractivity contribution in [3.05, 3.63) is 53.2 Å². The molecule has 1 heterocycles. The molecule has 4 nitrogen and oxygen atoms in total. The van der Waals surface area contributed by atoms with Crippen LogP contribution in [0.15, 0.2) is 36.5 Å². The van der Waals surface area contributed by atoms with Gasteiger partial charge in [-0.3, -0.25) is 0 Å². The lowest BCUT2D eigenvalue weighted by Gasteiger charge is -2.16. The summed E-state index contributed by atoms with van der Waals surface area (Å²) in [6.45, 7) is 4.08. The van der Waals surface area contributed by atoms with Crippen molar-refractivity contribution in [2.24, 2.45) is 0 Å². The van der Waals surface area contributed by atoms with Crippen molar-refractivity contribution < 1.29 is 0 Å². The number of nitrogens with zero attached hydrogens (tertiary/aromatic N) is 2. The van der Waals surface area contributed by atoms with Crippen LogP contribution in [0.1, 0.15) is 29.7 Å². The molecule has 0 saturated heterocycles. The minimum absolute atomic E-state index is 0.0730. The van der Waals surface area contributed by atoms with E-state index in [-0.39, 0.29) is 6.04 Å². The Labute approximate surface area is 112 Å². The number of benzene rings is 1. The monoisotopic (exact) mass is 252 g/mol. The maximum Gasteiger partial charge on any atom is 0.144 e. The molecule has 1 aromatic heterocycles. The first kappa shape index (κ1) is 12.9. The molecule has 2 rings (SSSR count). The summed E-state index contributed by atoms with van der Waals surface area (Å²) in [4.78, 5) is 4.17. The van der Waals surface area contributed by atoms with Crippen LogP contribution in [0, 0.1) is 18.3 Å². The molecule has 0 bridgehead atoms. The number of aromatic nitrogens is 1. The Bertz CT molecular complexity index is 611. The zero-order valence-corrected chi connectivity index (χ0v) is 11.0. The quantitative estimate of drug-likeness (QED) is 0.880. The number of pyridine rings is 1. The van der Waals surface area contributed by atoms with Crippen LogP contribution in [0.2, 0.25) is 0 Å². The zero-order valence-electron chi connectivity index (χ0n) is 11.0. The van der Waals surface area contributed by atoms with E-state index in [1.807, 2.05) is 6.92 Å². The second-order valence-electron chi connectivity index (χ2n) is 4.55. The van der Waals surface area contributed by atoms with Crippen molar-refractivity contribution >= 4 is 11.5 Å². The average molecular weight is 252 g/mol. The summed E-state index contributed by atoms with van der Waals surface area (Å²) < 4.78 is 0. The van der Waals surface area contributed by atoms with Crippen LogP contribution in [-0.2, 0) is 0 Å². The van der Waals surface area contributed by atoms with Crippen molar-refractivity contribution in [2.75, 3.05) is 11.1 Å². The number of nitrogen functional groups attached to an aromatic ring is 1. The van der Waals surface area contributed by atoms with Crippen LogP contribution < -0.4 is 11.1 Å². The maximum absolute atomic E-state index is 9.08. The molecule has 0 aliphatic rings. The molecule has 3 N–H and O–H groups in total. The Morgan fingerprint density at radius 1 is 1.32 bits per heavy atom. The van der Waals surface area contributed by atoms with E-state index < -0.39 is 0 Å². The average Bonchev–Trinajstić information content (AvgIpc) is 2.41. The summed E-state index contributed by atoms with van der Waals surface area (Å²) in [5, 5.41) is 12.3. The number of rotatable bonds is 3. The molecule has 0 aliphatic carbocycles. The second-order valence-corrected chi connectivity index (χ2v) is 4.55. The van der Waals surface area contributed by atoms with E-state index in [2.05, 4.69) is 47.6 Å². The Morgan fingerprint density at radius 2 is 2.00 bits per heavy atom. The number of nitrogens with one attached hydrogen (secondary N) is 1.